The summed E-state index contributed by atoms with van der Waals surface area (Å²) in [5, 5.41) is 9.09. The lowest BCUT2D eigenvalue weighted by Gasteiger charge is -2.25. The Kier molecular flexibility index (Phi) is 6.36. The zero-order chi connectivity index (χ0) is 17.5. The smallest absolute Gasteiger partial charge is 0.249 e. The van der Waals surface area contributed by atoms with Gasteiger partial charge in [0.1, 0.15) is 0 Å². The Hall–Kier alpha value is -2.35. The van der Waals surface area contributed by atoms with E-state index in [1.807, 2.05) is 12.3 Å². The minimum Gasteiger partial charge on any atom is -0.366 e. The monoisotopic (exact) mass is 327 g/mol. The van der Waals surface area contributed by atoms with Crippen LogP contribution in [0.5, 0.6) is 0 Å². The number of nitriles is 1. The second-order valence-electron chi connectivity index (χ2n) is 6.59. The molecule has 1 fully saturated rings. The van der Waals surface area contributed by atoms with Gasteiger partial charge in [-0.15, -0.1) is 0 Å². The van der Waals surface area contributed by atoms with Crippen LogP contribution in [0, 0.1) is 17.4 Å². The lowest BCUT2D eigenvalue weighted by atomic mass is 9.82. The Morgan fingerprint density at radius 3 is 2.46 bits per heavy atom. The molecule has 0 heterocycles. The van der Waals surface area contributed by atoms with E-state index in [9.17, 15) is 9.59 Å². The predicted molar refractivity (Wildman–Crippen MR) is 91.9 cm³/mol. The summed E-state index contributed by atoms with van der Waals surface area (Å²) in [7, 11) is 1.47. The quantitative estimate of drug-likeness (QED) is 0.512. The van der Waals surface area contributed by atoms with Gasteiger partial charge in [0.05, 0.1) is 5.92 Å². The minimum absolute atomic E-state index is 0.268. The average Bonchev–Trinajstić information content (AvgIpc) is 2.87. The maximum absolute atomic E-state index is 12.8. The van der Waals surface area contributed by atoms with E-state index in [1.165, 1.54) is 32.7 Å². The number of hydrogen-bond donors (Lipinski definition) is 1. The van der Waals surface area contributed by atoms with Crippen molar-refractivity contribution in [3.63, 3.8) is 0 Å². The molecule has 5 heteroatoms. The third-order valence-corrected chi connectivity index (χ3v) is 4.92. The summed E-state index contributed by atoms with van der Waals surface area (Å²) in [6.07, 6.45) is 9.57. The second-order valence-corrected chi connectivity index (χ2v) is 6.59. The van der Waals surface area contributed by atoms with Gasteiger partial charge in [0.15, 0.2) is 6.19 Å². The first-order valence-electron chi connectivity index (χ1n) is 8.60. The summed E-state index contributed by atoms with van der Waals surface area (Å²) in [6, 6.07) is 6.98. The van der Waals surface area contributed by atoms with E-state index in [1.54, 1.807) is 18.2 Å². The van der Waals surface area contributed by atoms with Crippen LogP contribution < -0.4 is 5.73 Å². The van der Waals surface area contributed by atoms with E-state index in [0.717, 1.165) is 17.7 Å². The van der Waals surface area contributed by atoms with Crippen LogP contribution in [0.3, 0.4) is 0 Å². The van der Waals surface area contributed by atoms with E-state index in [2.05, 4.69) is 0 Å². The molecule has 1 aromatic rings. The van der Waals surface area contributed by atoms with Crippen LogP contribution in [0.2, 0.25) is 0 Å². The van der Waals surface area contributed by atoms with Crippen molar-refractivity contribution >= 4 is 11.8 Å². The summed E-state index contributed by atoms with van der Waals surface area (Å²) >= 11 is 0. The number of likely N-dealkylation sites (N-methyl/N-ethyl adjacent to an activating group) is 1. The third-order valence-electron chi connectivity index (χ3n) is 4.92. The molecule has 5 nitrogen and oxygen atoms in total. The molecule has 0 bridgehead atoms. The van der Waals surface area contributed by atoms with Gasteiger partial charge in [-0.1, -0.05) is 56.7 Å². The molecule has 0 saturated heterocycles. The maximum atomic E-state index is 12.8. The van der Waals surface area contributed by atoms with E-state index >= 15 is 0 Å². The molecule has 24 heavy (non-hydrogen) atoms. The zero-order valence-electron chi connectivity index (χ0n) is 14.2. The minimum atomic E-state index is -0.538. The van der Waals surface area contributed by atoms with Gasteiger partial charge in [-0.25, -0.2) is 0 Å². The Bertz CT molecular complexity index is 628. The summed E-state index contributed by atoms with van der Waals surface area (Å²) in [5.41, 5.74) is 6.50. The summed E-state index contributed by atoms with van der Waals surface area (Å²) in [5.74, 6) is -0.866. The van der Waals surface area contributed by atoms with Gasteiger partial charge in [0.25, 0.3) is 0 Å². The second kappa shape index (κ2) is 8.49. The third kappa shape index (κ3) is 4.35. The number of carbonyl (C=O) groups is 2. The Labute approximate surface area is 143 Å². The molecule has 1 unspecified atom stereocenters. The Balaban J connectivity index is 2.34. The number of benzene rings is 1. The van der Waals surface area contributed by atoms with Crippen molar-refractivity contribution in [2.24, 2.45) is 11.7 Å². The summed E-state index contributed by atoms with van der Waals surface area (Å²) < 4.78 is 0. The number of nitrogens with two attached hydrogens (primary N) is 1. The fourth-order valence-electron chi connectivity index (χ4n) is 3.60. The van der Waals surface area contributed by atoms with Gasteiger partial charge in [-0.3, -0.25) is 14.5 Å². The van der Waals surface area contributed by atoms with Gasteiger partial charge in [0, 0.05) is 12.6 Å². The molecule has 0 aliphatic heterocycles. The number of rotatable bonds is 5. The van der Waals surface area contributed by atoms with Crippen molar-refractivity contribution in [2.45, 2.75) is 50.9 Å². The van der Waals surface area contributed by atoms with E-state index in [4.69, 9.17) is 11.0 Å². The topological polar surface area (TPSA) is 87.2 Å². The van der Waals surface area contributed by atoms with Crippen molar-refractivity contribution in [1.29, 1.82) is 5.26 Å². The first-order chi connectivity index (χ1) is 11.5. The number of nitrogens with zero attached hydrogens (tertiary/aromatic N) is 2. The molecule has 1 aromatic carbocycles. The van der Waals surface area contributed by atoms with Crippen LogP contribution in [0.15, 0.2) is 24.3 Å². The highest BCUT2D eigenvalue weighted by atomic mass is 16.2. The molecule has 0 spiro atoms. The molecular weight excluding hydrogens is 302 g/mol. The van der Waals surface area contributed by atoms with Crippen LogP contribution in [-0.2, 0) is 4.79 Å². The van der Waals surface area contributed by atoms with Gasteiger partial charge < -0.3 is 5.73 Å². The maximum Gasteiger partial charge on any atom is 0.249 e. The van der Waals surface area contributed by atoms with Crippen molar-refractivity contribution < 1.29 is 9.59 Å². The molecular formula is C19H25N3O2. The average molecular weight is 327 g/mol. The van der Waals surface area contributed by atoms with Crippen LogP contribution >= 0.6 is 0 Å². The largest absolute Gasteiger partial charge is 0.366 e. The number of amides is 2. The van der Waals surface area contributed by atoms with Crippen LogP contribution in [0.1, 0.15) is 66.8 Å². The molecule has 128 valence electrons. The van der Waals surface area contributed by atoms with E-state index in [0.29, 0.717) is 23.5 Å². The number of carbonyl (C=O) groups excluding carboxylic acids is 2. The van der Waals surface area contributed by atoms with Crippen LogP contribution in [0.4, 0.5) is 0 Å². The van der Waals surface area contributed by atoms with Gasteiger partial charge in [-0.05, 0) is 24.0 Å². The van der Waals surface area contributed by atoms with Crippen molar-refractivity contribution in [3.05, 3.63) is 35.4 Å². The predicted octanol–water partition coefficient (Wildman–Crippen LogP) is 3.17. The Morgan fingerprint density at radius 2 is 1.88 bits per heavy atom. The highest BCUT2D eigenvalue weighted by molar-refractivity contribution is 5.97. The molecule has 0 aromatic heterocycles. The first kappa shape index (κ1) is 18.0. The van der Waals surface area contributed by atoms with E-state index in [-0.39, 0.29) is 5.91 Å². The molecule has 1 saturated carbocycles. The molecule has 2 amide bonds. The van der Waals surface area contributed by atoms with Crippen LogP contribution in [-0.4, -0.2) is 23.8 Å². The van der Waals surface area contributed by atoms with Gasteiger partial charge in [0.2, 0.25) is 11.8 Å². The fourth-order valence-corrected chi connectivity index (χ4v) is 3.60. The van der Waals surface area contributed by atoms with Gasteiger partial charge >= 0.3 is 0 Å². The SMILES string of the molecule is CN(C#N)C(=O)C(CC1CCCCCC1)c1ccccc1C(N)=O. The van der Waals surface area contributed by atoms with Gasteiger partial charge in [-0.2, -0.15) is 5.26 Å². The fraction of sp³-hybridized carbons (Fsp3) is 0.526. The van der Waals surface area contributed by atoms with Crippen molar-refractivity contribution in [2.75, 3.05) is 7.05 Å². The van der Waals surface area contributed by atoms with Crippen molar-refractivity contribution in [1.82, 2.24) is 4.90 Å². The summed E-state index contributed by atoms with van der Waals surface area (Å²) in [6.45, 7) is 0. The lowest BCUT2D eigenvalue weighted by molar-refractivity contribution is -0.129. The van der Waals surface area contributed by atoms with Crippen LogP contribution in [0.25, 0.3) is 0 Å². The number of primary amides is 1. The molecule has 1 atom stereocenters. The molecule has 1 aliphatic rings. The first-order valence-corrected chi connectivity index (χ1v) is 8.60. The molecule has 2 rings (SSSR count). The summed E-state index contributed by atoms with van der Waals surface area (Å²) in [4.78, 5) is 25.6. The Morgan fingerprint density at radius 1 is 1.25 bits per heavy atom. The normalized spacial score (nSPS) is 16.7. The molecule has 2 N–H and O–H groups in total. The van der Waals surface area contributed by atoms with Crippen molar-refractivity contribution in [3.8, 4) is 6.19 Å². The standard InChI is InChI=1S/C19H25N3O2/c1-22(13-20)19(24)17(12-14-8-4-2-3-5-9-14)15-10-6-7-11-16(15)18(21)23/h6-7,10-11,14,17H,2-5,8-9,12H2,1H3,(H2,21,23). The molecule has 1 aliphatic carbocycles. The highest BCUT2D eigenvalue weighted by Crippen LogP contribution is 2.34. The number of hydrogen-bond acceptors (Lipinski definition) is 3. The zero-order valence-corrected chi connectivity index (χ0v) is 14.2. The lowest BCUT2D eigenvalue weighted by Crippen LogP contribution is -2.31. The highest BCUT2D eigenvalue weighted by Gasteiger charge is 2.30. The van der Waals surface area contributed by atoms with E-state index < -0.39 is 11.8 Å². The molecule has 0 radical (unpaired) electrons.